The zero-order valence-electron chi connectivity index (χ0n) is 21.6. The third-order valence-corrected chi connectivity index (χ3v) is 6.37. The van der Waals surface area contributed by atoms with Crippen LogP contribution in [0.5, 0.6) is 0 Å². The molecule has 40 heavy (non-hydrogen) atoms. The molecule has 0 spiro atoms. The Morgan fingerprint density at radius 3 is 2.52 bits per heavy atom. The van der Waals surface area contributed by atoms with Crippen molar-refractivity contribution >= 4 is 16.9 Å². The van der Waals surface area contributed by atoms with E-state index in [0.717, 1.165) is 12.1 Å². The van der Waals surface area contributed by atoms with Crippen molar-refractivity contribution in [3.05, 3.63) is 100 Å². The van der Waals surface area contributed by atoms with Crippen LogP contribution < -0.4 is 10.5 Å². The summed E-state index contributed by atoms with van der Waals surface area (Å²) in [6.07, 6.45) is -1.31. The summed E-state index contributed by atoms with van der Waals surface area (Å²) >= 11 is 0. The van der Waals surface area contributed by atoms with E-state index in [4.69, 9.17) is 4.74 Å². The molecule has 0 fully saturated rings. The maximum atomic E-state index is 15.0. The molecule has 12 heteroatoms. The van der Waals surface area contributed by atoms with Crippen molar-refractivity contribution in [3.8, 4) is 16.9 Å². The van der Waals surface area contributed by atoms with Crippen molar-refractivity contribution in [2.24, 2.45) is 0 Å². The van der Waals surface area contributed by atoms with Gasteiger partial charge in [-0.2, -0.15) is 18.3 Å². The van der Waals surface area contributed by atoms with E-state index < -0.39 is 17.6 Å². The van der Waals surface area contributed by atoms with Gasteiger partial charge in [0.15, 0.2) is 0 Å². The van der Waals surface area contributed by atoms with Gasteiger partial charge in [-0.05, 0) is 48.5 Å². The number of aromatic nitrogens is 5. The topological polar surface area (TPSA) is 78.1 Å². The van der Waals surface area contributed by atoms with Crippen LogP contribution in [0.25, 0.3) is 27.8 Å². The Labute approximate surface area is 226 Å². The number of hydrogen-bond acceptors (Lipinski definition) is 6. The largest absolute Gasteiger partial charge is 0.416 e. The molecule has 0 amide bonds. The monoisotopic (exact) mass is 552 g/mol. The van der Waals surface area contributed by atoms with Crippen molar-refractivity contribution < 1.29 is 22.3 Å². The number of nitrogens with zero attached hydrogens (tertiary/aromatic N) is 6. The lowest BCUT2D eigenvalue weighted by Gasteiger charge is -2.17. The molecule has 0 saturated carbocycles. The Kier molecular flexibility index (Phi) is 7.35. The van der Waals surface area contributed by atoms with Crippen molar-refractivity contribution in [2.75, 3.05) is 32.2 Å². The van der Waals surface area contributed by atoms with E-state index >= 15 is 4.39 Å². The predicted molar refractivity (Wildman–Crippen MR) is 142 cm³/mol. The number of alkyl halides is 3. The van der Waals surface area contributed by atoms with Gasteiger partial charge in [0.2, 0.25) is 5.95 Å². The van der Waals surface area contributed by atoms with Crippen LogP contribution in [-0.2, 0) is 17.5 Å². The lowest BCUT2D eigenvalue weighted by molar-refractivity contribution is -0.137. The average molecular weight is 553 g/mol. The third-order valence-electron chi connectivity index (χ3n) is 6.37. The number of methoxy groups -OCH3 is 1. The van der Waals surface area contributed by atoms with E-state index in [2.05, 4.69) is 15.1 Å². The molecule has 0 aliphatic rings. The summed E-state index contributed by atoms with van der Waals surface area (Å²) in [5.41, 5.74) is 0.681. The minimum atomic E-state index is -4.49. The maximum Gasteiger partial charge on any atom is 0.416 e. The summed E-state index contributed by atoms with van der Waals surface area (Å²) in [5.74, 6) is -0.0732. The molecule has 3 heterocycles. The highest BCUT2D eigenvalue weighted by Gasteiger charge is 2.30. The first kappa shape index (κ1) is 27.0. The Morgan fingerprint density at radius 1 is 1.05 bits per heavy atom. The van der Waals surface area contributed by atoms with Crippen LogP contribution in [0.1, 0.15) is 11.3 Å². The van der Waals surface area contributed by atoms with E-state index in [0.29, 0.717) is 41.6 Å². The van der Waals surface area contributed by atoms with Crippen LogP contribution in [-0.4, -0.2) is 51.6 Å². The van der Waals surface area contributed by atoms with E-state index in [-0.39, 0.29) is 23.2 Å². The lowest BCUT2D eigenvalue weighted by atomic mass is 10.1. The molecule has 0 aliphatic carbocycles. The lowest BCUT2D eigenvalue weighted by Crippen LogP contribution is -2.25. The summed E-state index contributed by atoms with van der Waals surface area (Å²) in [6.45, 7) is 1.29. The summed E-state index contributed by atoms with van der Waals surface area (Å²) in [4.78, 5) is 23.7. The summed E-state index contributed by atoms with van der Waals surface area (Å²) in [5, 5.41) is 4.66. The SMILES string of the molecule is COCCN(C)c1nccc(Cn2ccc(-c3nn(-c4ccc(C(F)(F)F)cc4)c4cccc(F)c34)cc2=O)n1. The normalized spacial score (nSPS) is 11.8. The minimum Gasteiger partial charge on any atom is -0.383 e. The summed E-state index contributed by atoms with van der Waals surface area (Å²) < 4.78 is 62.1. The van der Waals surface area contributed by atoms with E-state index in [1.54, 1.807) is 37.7 Å². The summed E-state index contributed by atoms with van der Waals surface area (Å²) in [7, 11) is 3.45. The number of pyridine rings is 1. The van der Waals surface area contributed by atoms with Crippen LogP contribution in [0.2, 0.25) is 0 Å². The fourth-order valence-corrected chi connectivity index (χ4v) is 4.26. The van der Waals surface area contributed by atoms with Gasteiger partial charge in [0.05, 0.1) is 41.0 Å². The number of halogens is 4. The second-order valence-electron chi connectivity index (χ2n) is 9.08. The second-order valence-corrected chi connectivity index (χ2v) is 9.08. The number of anilines is 1. The zero-order valence-corrected chi connectivity index (χ0v) is 21.6. The Balaban J connectivity index is 1.48. The van der Waals surface area contributed by atoms with E-state index in [1.807, 2.05) is 11.9 Å². The predicted octanol–water partition coefficient (Wildman–Crippen LogP) is 4.93. The van der Waals surface area contributed by atoms with Crippen LogP contribution in [0.3, 0.4) is 0 Å². The zero-order chi connectivity index (χ0) is 28.4. The van der Waals surface area contributed by atoms with Crippen molar-refractivity contribution in [1.82, 2.24) is 24.3 Å². The number of likely N-dealkylation sites (N-methyl/N-ethyl adjacent to an activating group) is 1. The van der Waals surface area contributed by atoms with Gasteiger partial charge < -0.3 is 14.2 Å². The molecule has 8 nitrogen and oxygen atoms in total. The average Bonchev–Trinajstić information content (AvgIpc) is 3.33. The van der Waals surface area contributed by atoms with Gasteiger partial charge in [0.25, 0.3) is 5.56 Å². The fraction of sp³-hybridized carbons (Fsp3) is 0.214. The molecule has 206 valence electrons. The number of rotatable bonds is 8. The molecule has 0 aliphatic heterocycles. The summed E-state index contributed by atoms with van der Waals surface area (Å²) in [6, 6.07) is 13.5. The van der Waals surface area contributed by atoms with Crippen LogP contribution in [0, 0.1) is 5.82 Å². The molecule has 0 atom stereocenters. The third kappa shape index (κ3) is 5.43. The molecule has 3 aromatic heterocycles. The van der Waals surface area contributed by atoms with Crippen molar-refractivity contribution in [3.63, 3.8) is 0 Å². The molecule has 5 aromatic rings. The number of fused-ring (bicyclic) bond motifs is 1. The van der Waals surface area contributed by atoms with Gasteiger partial charge in [0, 0.05) is 44.7 Å². The van der Waals surface area contributed by atoms with Crippen LogP contribution in [0.4, 0.5) is 23.5 Å². The first-order valence-electron chi connectivity index (χ1n) is 12.2. The molecule has 2 aromatic carbocycles. The second kappa shape index (κ2) is 10.9. The van der Waals surface area contributed by atoms with E-state index in [1.165, 1.54) is 39.6 Å². The molecule has 0 saturated heterocycles. The number of benzene rings is 2. The van der Waals surface area contributed by atoms with Gasteiger partial charge in [-0.15, -0.1) is 0 Å². The van der Waals surface area contributed by atoms with Crippen molar-refractivity contribution in [2.45, 2.75) is 12.7 Å². The van der Waals surface area contributed by atoms with E-state index in [9.17, 15) is 18.0 Å². The molecule has 0 bridgehead atoms. The standard InChI is InChI=1S/C28H24F4N6O2/c1-36(14-15-40-2)27-33-12-10-20(34-27)17-37-13-11-18(16-24(37)39)26-25-22(29)4-3-5-23(25)38(35-26)21-8-6-19(7-9-21)28(30,31)32/h3-13,16H,14-15,17H2,1-2H3. The first-order valence-corrected chi connectivity index (χ1v) is 12.2. The fourth-order valence-electron chi connectivity index (χ4n) is 4.26. The Hall–Kier alpha value is -4.58. The van der Waals surface area contributed by atoms with Gasteiger partial charge in [-0.3, -0.25) is 4.79 Å². The Morgan fingerprint density at radius 2 is 1.82 bits per heavy atom. The number of ether oxygens (including phenoxy) is 1. The molecule has 0 radical (unpaired) electrons. The maximum absolute atomic E-state index is 15.0. The Bertz CT molecular complexity index is 1710. The first-order chi connectivity index (χ1) is 19.2. The highest BCUT2D eigenvalue weighted by Crippen LogP contribution is 2.33. The highest BCUT2D eigenvalue weighted by atomic mass is 19.4. The van der Waals surface area contributed by atoms with Gasteiger partial charge in [0.1, 0.15) is 11.5 Å². The van der Waals surface area contributed by atoms with Crippen LogP contribution in [0.15, 0.2) is 77.9 Å². The van der Waals surface area contributed by atoms with Gasteiger partial charge >= 0.3 is 6.18 Å². The molecule has 0 unspecified atom stereocenters. The smallest absolute Gasteiger partial charge is 0.383 e. The van der Waals surface area contributed by atoms with Gasteiger partial charge in [-0.1, -0.05) is 6.07 Å². The quantitative estimate of drug-likeness (QED) is 0.254. The molecular weight excluding hydrogens is 528 g/mol. The van der Waals surface area contributed by atoms with Gasteiger partial charge in [-0.25, -0.2) is 19.0 Å². The van der Waals surface area contributed by atoms with Crippen LogP contribution >= 0.6 is 0 Å². The molecular formula is C28H24F4N6O2. The molecule has 0 N–H and O–H groups in total. The minimum absolute atomic E-state index is 0.152. The molecule has 5 rings (SSSR count). The number of hydrogen-bond donors (Lipinski definition) is 0. The van der Waals surface area contributed by atoms with Crippen molar-refractivity contribution in [1.29, 1.82) is 0 Å². The highest BCUT2D eigenvalue weighted by molar-refractivity contribution is 5.94.